The van der Waals surface area contributed by atoms with Gasteiger partial charge in [-0.1, -0.05) is 55.8 Å². The lowest BCUT2D eigenvalue weighted by atomic mass is 10.1. The fourth-order valence-electron chi connectivity index (χ4n) is 3.22. The van der Waals surface area contributed by atoms with Crippen LogP contribution in [0.4, 0.5) is 13.2 Å². The Morgan fingerprint density at radius 2 is 1.85 bits per heavy atom. The molecule has 1 aromatic heterocycles. The molecule has 0 unspecified atom stereocenters. The normalized spacial score (nSPS) is 22.2. The summed E-state index contributed by atoms with van der Waals surface area (Å²) >= 11 is 5.40. The predicted molar refractivity (Wildman–Crippen MR) is 95.2 cm³/mol. The number of hydrogen-bond acceptors (Lipinski definition) is 2. The van der Waals surface area contributed by atoms with Gasteiger partial charge in [0, 0.05) is 11.8 Å². The van der Waals surface area contributed by atoms with Gasteiger partial charge >= 0.3 is 6.18 Å². The van der Waals surface area contributed by atoms with Crippen LogP contribution in [0.25, 0.3) is 0 Å². The number of nitrogens with zero attached hydrogens (tertiary/aromatic N) is 1. The summed E-state index contributed by atoms with van der Waals surface area (Å²) in [4.78, 5) is 4.48. The molecule has 0 amide bonds. The standard InChI is InChI=1S/C20H19ClF3NO/c1-19(2)15(16(19)12-17(21)20(22,23)24)11-13-7-6-10-18(25-13)26-14-8-4-3-5-9-14/h3-10,12,15-16H,11H2,1-2H3/b17-12-/t15-,16+/m0/s1. The second-order valence-corrected chi connectivity index (χ2v) is 7.46. The van der Waals surface area contributed by atoms with Crippen LogP contribution in [0.1, 0.15) is 19.5 Å². The molecule has 1 aromatic carbocycles. The summed E-state index contributed by atoms with van der Waals surface area (Å²) in [6.07, 6.45) is -2.79. The highest BCUT2D eigenvalue weighted by Gasteiger charge is 2.56. The van der Waals surface area contributed by atoms with Crippen LogP contribution < -0.4 is 4.74 Å². The first kappa shape index (κ1) is 18.8. The molecule has 0 N–H and O–H groups in total. The Morgan fingerprint density at radius 3 is 2.50 bits per heavy atom. The second-order valence-electron chi connectivity index (χ2n) is 7.05. The molecule has 0 saturated heterocycles. The van der Waals surface area contributed by atoms with Crippen LogP contribution in [0.2, 0.25) is 0 Å². The predicted octanol–water partition coefficient (Wildman–Crippen LogP) is 6.37. The van der Waals surface area contributed by atoms with Gasteiger partial charge in [0.1, 0.15) is 10.8 Å². The lowest BCUT2D eigenvalue weighted by Crippen LogP contribution is -2.07. The Morgan fingerprint density at radius 1 is 1.15 bits per heavy atom. The van der Waals surface area contributed by atoms with E-state index in [0.717, 1.165) is 11.8 Å². The van der Waals surface area contributed by atoms with E-state index >= 15 is 0 Å². The van der Waals surface area contributed by atoms with Crippen LogP contribution in [-0.4, -0.2) is 11.2 Å². The zero-order chi connectivity index (χ0) is 18.9. The van der Waals surface area contributed by atoms with Gasteiger partial charge in [-0.05, 0) is 41.9 Å². The number of aromatic nitrogens is 1. The first-order valence-electron chi connectivity index (χ1n) is 8.31. The van der Waals surface area contributed by atoms with Crippen LogP contribution in [0, 0.1) is 17.3 Å². The van der Waals surface area contributed by atoms with Crippen molar-refractivity contribution < 1.29 is 17.9 Å². The van der Waals surface area contributed by atoms with E-state index in [1.165, 1.54) is 0 Å². The van der Waals surface area contributed by atoms with E-state index < -0.39 is 11.2 Å². The molecule has 0 bridgehead atoms. The van der Waals surface area contributed by atoms with Gasteiger partial charge in [-0.2, -0.15) is 13.2 Å². The van der Waals surface area contributed by atoms with Gasteiger partial charge in [-0.3, -0.25) is 0 Å². The molecular weight excluding hydrogens is 363 g/mol. The van der Waals surface area contributed by atoms with E-state index in [9.17, 15) is 13.2 Å². The average molecular weight is 382 g/mol. The first-order chi connectivity index (χ1) is 12.2. The molecule has 1 aliphatic rings. The summed E-state index contributed by atoms with van der Waals surface area (Å²) < 4.78 is 43.7. The molecule has 2 nitrogen and oxygen atoms in total. The van der Waals surface area contributed by atoms with Gasteiger partial charge in [0.15, 0.2) is 0 Å². The fraction of sp³-hybridized carbons (Fsp3) is 0.350. The molecule has 1 fully saturated rings. The summed E-state index contributed by atoms with van der Waals surface area (Å²) in [6.45, 7) is 3.90. The molecule has 2 aromatic rings. The number of para-hydroxylation sites is 1. The maximum Gasteiger partial charge on any atom is 0.426 e. The Hall–Kier alpha value is -2.01. The Labute approximate surface area is 155 Å². The summed E-state index contributed by atoms with van der Waals surface area (Å²) in [6, 6.07) is 14.7. The zero-order valence-electron chi connectivity index (χ0n) is 14.4. The summed E-state index contributed by atoms with van der Waals surface area (Å²) in [7, 11) is 0. The number of benzene rings is 1. The molecule has 0 radical (unpaired) electrons. The van der Waals surface area contributed by atoms with E-state index in [-0.39, 0.29) is 17.3 Å². The fourth-order valence-corrected chi connectivity index (χ4v) is 3.36. The molecule has 1 heterocycles. The number of alkyl halides is 3. The maximum atomic E-state index is 12.7. The van der Waals surface area contributed by atoms with Crippen molar-refractivity contribution in [1.82, 2.24) is 4.98 Å². The molecule has 0 aliphatic heterocycles. The Bertz CT molecular complexity index is 802. The monoisotopic (exact) mass is 381 g/mol. The number of allylic oxidation sites excluding steroid dienone is 2. The molecule has 1 saturated carbocycles. The Kier molecular flexibility index (Phi) is 5.02. The van der Waals surface area contributed by atoms with Crippen molar-refractivity contribution in [3.05, 3.63) is 65.3 Å². The summed E-state index contributed by atoms with van der Waals surface area (Å²) in [5.74, 6) is 0.976. The van der Waals surface area contributed by atoms with Crippen LogP contribution in [0.3, 0.4) is 0 Å². The third kappa shape index (κ3) is 4.21. The molecule has 3 rings (SSSR count). The van der Waals surface area contributed by atoms with Crippen LogP contribution in [0.5, 0.6) is 11.6 Å². The van der Waals surface area contributed by atoms with E-state index in [1.807, 2.05) is 56.3 Å². The first-order valence-corrected chi connectivity index (χ1v) is 8.69. The minimum Gasteiger partial charge on any atom is -0.439 e. The van der Waals surface area contributed by atoms with Crippen LogP contribution in [0.15, 0.2) is 59.6 Å². The van der Waals surface area contributed by atoms with Gasteiger partial charge in [0.05, 0.1) is 0 Å². The van der Waals surface area contributed by atoms with E-state index in [1.54, 1.807) is 6.07 Å². The van der Waals surface area contributed by atoms with Crippen molar-refractivity contribution >= 4 is 11.6 Å². The van der Waals surface area contributed by atoms with Crippen molar-refractivity contribution in [2.75, 3.05) is 0 Å². The largest absolute Gasteiger partial charge is 0.439 e. The number of hydrogen-bond donors (Lipinski definition) is 0. The van der Waals surface area contributed by atoms with Gasteiger partial charge in [0.25, 0.3) is 0 Å². The van der Waals surface area contributed by atoms with Gasteiger partial charge < -0.3 is 4.74 Å². The maximum absolute atomic E-state index is 12.7. The van der Waals surface area contributed by atoms with Gasteiger partial charge in [-0.15, -0.1) is 0 Å². The van der Waals surface area contributed by atoms with Crippen molar-refractivity contribution in [1.29, 1.82) is 0 Å². The third-order valence-electron chi connectivity index (χ3n) is 4.91. The zero-order valence-corrected chi connectivity index (χ0v) is 15.2. The third-order valence-corrected chi connectivity index (χ3v) is 5.25. The van der Waals surface area contributed by atoms with Crippen molar-refractivity contribution in [3.63, 3.8) is 0 Å². The Balaban J connectivity index is 1.70. The number of ether oxygens (including phenoxy) is 1. The molecule has 0 spiro atoms. The smallest absolute Gasteiger partial charge is 0.426 e. The van der Waals surface area contributed by atoms with E-state index in [2.05, 4.69) is 4.98 Å². The highest BCUT2D eigenvalue weighted by molar-refractivity contribution is 6.30. The average Bonchev–Trinajstić information content (AvgIpc) is 3.07. The van der Waals surface area contributed by atoms with Crippen LogP contribution >= 0.6 is 11.6 Å². The summed E-state index contributed by atoms with van der Waals surface area (Å²) in [5, 5.41) is -1.05. The topological polar surface area (TPSA) is 22.1 Å². The lowest BCUT2D eigenvalue weighted by molar-refractivity contribution is -0.0848. The van der Waals surface area contributed by atoms with Crippen molar-refractivity contribution in [3.8, 4) is 11.6 Å². The van der Waals surface area contributed by atoms with Crippen LogP contribution in [-0.2, 0) is 6.42 Å². The van der Waals surface area contributed by atoms with Crippen molar-refractivity contribution in [2.45, 2.75) is 26.4 Å². The summed E-state index contributed by atoms with van der Waals surface area (Å²) in [5.41, 5.74) is 0.541. The number of halogens is 4. The quantitative estimate of drug-likeness (QED) is 0.600. The van der Waals surface area contributed by atoms with Gasteiger partial charge in [-0.25, -0.2) is 4.98 Å². The molecule has 138 valence electrons. The highest BCUT2D eigenvalue weighted by Crippen LogP contribution is 2.61. The second kappa shape index (κ2) is 6.95. The minimum absolute atomic E-state index is 0.0538. The SMILES string of the molecule is CC1(C)[C@H](/C=C(\Cl)C(F)(F)F)[C@@H]1Cc1cccc(Oc2ccccc2)n1. The molecule has 26 heavy (non-hydrogen) atoms. The van der Waals surface area contributed by atoms with Gasteiger partial charge in [0.2, 0.25) is 5.88 Å². The molecular formula is C20H19ClF3NO. The van der Waals surface area contributed by atoms with Crippen molar-refractivity contribution in [2.24, 2.45) is 17.3 Å². The molecule has 2 atom stereocenters. The lowest BCUT2D eigenvalue weighted by Gasteiger charge is -2.07. The molecule has 1 aliphatic carbocycles. The van der Waals surface area contributed by atoms with E-state index in [0.29, 0.717) is 18.1 Å². The van der Waals surface area contributed by atoms with E-state index in [4.69, 9.17) is 16.3 Å². The number of pyridine rings is 1. The number of rotatable bonds is 5. The minimum atomic E-state index is -4.49. The highest BCUT2D eigenvalue weighted by atomic mass is 35.5. The molecule has 6 heteroatoms.